The highest BCUT2D eigenvalue weighted by Crippen LogP contribution is 2.28. The smallest absolute Gasteiger partial charge is 0.253 e. The van der Waals surface area contributed by atoms with Crippen LogP contribution in [0.3, 0.4) is 0 Å². The fourth-order valence-electron chi connectivity index (χ4n) is 3.42. The Bertz CT molecular complexity index is 829. The zero-order chi connectivity index (χ0) is 21.5. The number of hydrogen-bond acceptors (Lipinski definition) is 5. The van der Waals surface area contributed by atoms with E-state index in [1.807, 2.05) is 6.07 Å². The summed E-state index contributed by atoms with van der Waals surface area (Å²) in [5, 5.41) is 23.9. The molecule has 0 spiro atoms. The molecule has 3 N–H and O–H groups in total. The van der Waals surface area contributed by atoms with Gasteiger partial charge in [-0.3, -0.25) is 4.79 Å². The summed E-state index contributed by atoms with van der Waals surface area (Å²) in [6.07, 6.45) is -0.230. The van der Waals surface area contributed by atoms with E-state index in [0.717, 1.165) is 25.9 Å². The van der Waals surface area contributed by atoms with E-state index >= 15 is 0 Å². The van der Waals surface area contributed by atoms with Gasteiger partial charge in [0, 0.05) is 32.2 Å². The number of halogens is 2. The number of benzene rings is 2. The number of carbonyl (C=O) groups is 1. The van der Waals surface area contributed by atoms with Crippen LogP contribution >= 0.6 is 23.2 Å². The van der Waals surface area contributed by atoms with Crippen molar-refractivity contribution in [1.82, 2.24) is 10.2 Å². The highest BCUT2D eigenvalue weighted by atomic mass is 35.5. The molecule has 2 aromatic carbocycles. The van der Waals surface area contributed by atoms with Crippen molar-refractivity contribution in [2.45, 2.75) is 31.2 Å². The Morgan fingerprint density at radius 2 is 1.80 bits per heavy atom. The Labute approximate surface area is 186 Å². The summed E-state index contributed by atoms with van der Waals surface area (Å²) in [6, 6.07) is 13.9. The van der Waals surface area contributed by atoms with Gasteiger partial charge in [0.1, 0.15) is 11.9 Å². The molecule has 6 nitrogen and oxygen atoms in total. The number of amides is 1. The third-order valence-corrected chi connectivity index (χ3v) is 5.81. The van der Waals surface area contributed by atoms with E-state index < -0.39 is 18.1 Å². The van der Waals surface area contributed by atoms with E-state index in [2.05, 4.69) is 10.2 Å². The second-order valence-electron chi connectivity index (χ2n) is 7.41. The van der Waals surface area contributed by atoms with Crippen molar-refractivity contribution in [2.75, 3.05) is 26.2 Å². The quantitative estimate of drug-likeness (QED) is 0.573. The van der Waals surface area contributed by atoms with Gasteiger partial charge in [-0.15, -0.1) is 0 Å². The lowest BCUT2D eigenvalue weighted by Crippen LogP contribution is -2.45. The predicted octanol–water partition coefficient (Wildman–Crippen LogP) is 3.05. The molecular formula is C22H26Cl2N2O4. The van der Waals surface area contributed by atoms with Crippen molar-refractivity contribution < 1.29 is 19.7 Å². The number of aliphatic hydroxyl groups is 2. The maximum atomic E-state index is 12.1. The molecule has 0 radical (unpaired) electrons. The van der Waals surface area contributed by atoms with Gasteiger partial charge < -0.3 is 25.2 Å². The zero-order valence-corrected chi connectivity index (χ0v) is 18.0. The number of likely N-dealkylation sites (tertiary alicyclic amines) is 1. The van der Waals surface area contributed by atoms with Crippen molar-refractivity contribution in [3.05, 3.63) is 64.1 Å². The normalized spacial score (nSPS) is 17.3. The van der Waals surface area contributed by atoms with Crippen LogP contribution in [-0.2, 0) is 4.79 Å². The number of piperidine rings is 1. The molecule has 1 saturated heterocycles. The fraction of sp³-hybridized carbons (Fsp3) is 0.409. The molecule has 0 saturated carbocycles. The van der Waals surface area contributed by atoms with Crippen molar-refractivity contribution in [2.24, 2.45) is 0 Å². The van der Waals surface area contributed by atoms with Crippen molar-refractivity contribution >= 4 is 29.1 Å². The molecule has 0 aromatic heterocycles. The number of hydrogen-bond donors (Lipinski definition) is 3. The molecular weight excluding hydrogens is 427 g/mol. The van der Waals surface area contributed by atoms with Gasteiger partial charge in [0.05, 0.1) is 16.1 Å². The van der Waals surface area contributed by atoms with Gasteiger partial charge >= 0.3 is 0 Å². The largest absolute Gasteiger partial charge is 0.490 e. The number of carbonyl (C=O) groups excluding carboxylic acids is 1. The maximum absolute atomic E-state index is 12.1. The molecule has 2 atom stereocenters. The molecule has 30 heavy (non-hydrogen) atoms. The van der Waals surface area contributed by atoms with E-state index in [4.69, 9.17) is 27.9 Å². The first-order valence-electron chi connectivity index (χ1n) is 9.95. The van der Waals surface area contributed by atoms with Gasteiger partial charge in [-0.25, -0.2) is 0 Å². The Morgan fingerprint density at radius 3 is 2.47 bits per heavy atom. The summed E-state index contributed by atoms with van der Waals surface area (Å²) in [5.41, 5.74) is 0.522. The number of aliphatic hydroxyl groups excluding tert-OH is 2. The summed E-state index contributed by atoms with van der Waals surface area (Å²) >= 11 is 12.0. The summed E-state index contributed by atoms with van der Waals surface area (Å²) in [7, 11) is 0. The summed E-state index contributed by atoms with van der Waals surface area (Å²) in [6.45, 7) is 2.09. The predicted molar refractivity (Wildman–Crippen MR) is 117 cm³/mol. The molecule has 2 aromatic rings. The van der Waals surface area contributed by atoms with E-state index in [1.165, 1.54) is 0 Å². The van der Waals surface area contributed by atoms with Crippen LogP contribution in [0, 0.1) is 0 Å². The van der Waals surface area contributed by atoms with Crippen molar-refractivity contribution in [3.63, 3.8) is 0 Å². The van der Waals surface area contributed by atoms with Crippen LogP contribution in [-0.4, -0.2) is 59.4 Å². The second kappa shape index (κ2) is 11.0. The maximum Gasteiger partial charge on any atom is 0.253 e. The number of nitrogens with one attached hydrogen (secondary N) is 1. The average Bonchev–Trinajstić information content (AvgIpc) is 2.76. The minimum Gasteiger partial charge on any atom is -0.490 e. The molecule has 1 heterocycles. The SMILES string of the molecule is O=C(NC[C@@H](O)CN1CCC(Oc2ccc(Cl)c(Cl)c2)CC1)[C@@H](O)c1ccccc1. The van der Waals surface area contributed by atoms with E-state index in [0.29, 0.717) is 27.9 Å². The van der Waals surface area contributed by atoms with E-state index in [9.17, 15) is 15.0 Å². The van der Waals surface area contributed by atoms with Gasteiger partial charge in [-0.05, 0) is 30.5 Å². The molecule has 1 aliphatic rings. The monoisotopic (exact) mass is 452 g/mol. The number of rotatable bonds is 8. The lowest BCUT2D eigenvalue weighted by molar-refractivity contribution is -0.130. The number of β-amino-alcohol motifs (C(OH)–C–C–N with tert-alkyl or cyclic N) is 1. The summed E-state index contributed by atoms with van der Waals surface area (Å²) in [5.74, 6) is 0.177. The molecule has 0 bridgehead atoms. The molecule has 0 unspecified atom stereocenters. The zero-order valence-electron chi connectivity index (χ0n) is 16.5. The van der Waals surface area contributed by atoms with Crippen LogP contribution in [0.5, 0.6) is 5.75 Å². The van der Waals surface area contributed by atoms with Gasteiger partial charge in [0.15, 0.2) is 6.10 Å². The number of ether oxygens (including phenoxy) is 1. The fourth-order valence-corrected chi connectivity index (χ4v) is 3.70. The molecule has 1 fully saturated rings. The van der Waals surface area contributed by atoms with Crippen molar-refractivity contribution in [3.8, 4) is 5.75 Å². The van der Waals surface area contributed by atoms with Gasteiger partial charge in [0.2, 0.25) is 0 Å². The Balaban J connectivity index is 1.37. The first-order valence-corrected chi connectivity index (χ1v) is 10.7. The first-order chi connectivity index (χ1) is 14.4. The van der Waals surface area contributed by atoms with Gasteiger partial charge in [-0.2, -0.15) is 0 Å². The Morgan fingerprint density at radius 1 is 1.10 bits per heavy atom. The van der Waals surface area contributed by atoms with Crippen LogP contribution in [0.2, 0.25) is 10.0 Å². The Hall–Kier alpha value is -1.83. The van der Waals surface area contributed by atoms with Crippen LogP contribution in [0.25, 0.3) is 0 Å². The third-order valence-electron chi connectivity index (χ3n) is 5.07. The molecule has 8 heteroatoms. The van der Waals surface area contributed by atoms with Gasteiger partial charge in [-0.1, -0.05) is 53.5 Å². The van der Waals surface area contributed by atoms with Gasteiger partial charge in [0.25, 0.3) is 5.91 Å². The lowest BCUT2D eigenvalue weighted by Gasteiger charge is -2.33. The molecule has 0 aliphatic carbocycles. The lowest BCUT2D eigenvalue weighted by atomic mass is 10.1. The highest BCUT2D eigenvalue weighted by molar-refractivity contribution is 6.42. The van der Waals surface area contributed by atoms with E-state index in [1.54, 1.807) is 42.5 Å². The number of nitrogens with zero attached hydrogens (tertiary/aromatic N) is 1. The van der Waals surface area contributed by atoms with Crippen molar-refractivity contribution in [1.29, 1.82) is 0 Å². The summed E-state index contributed by atoms with van der Waals surface area (Å²) in [4.78, 5) is 14.2. The third kappa shape index (κ3) is 6.59. The standard InChI is InChI=1S/C22H26Cl2N2O4/c23-19-7-6-18(12-20(19)24)30-17-8-10-26(11-9-17)14-16(27)13-25-22(29)21(28)15-4-2-1-3-5-15/h1-7,12,16-17,21,27-28H,8-11,13-14H2,(H,25,29)/t16-,21+/m1/s1. The van der Waals surface area contributed by atoms with E-state index in [-0.39, 0.29) is 12.6 Å². The second-order valence-corrected chi connectivity index (χ2v) is 8.22. The Kier molecular flexibility index (Phi) is 8.36. The molecule has 1 aliphatic heterocycles. The molecule has 162 valence electrons. The van der Waals surface area contributed by atoms with Crippen LogP contribution in [0.1, 0.15) is 24.5 Å². The minimum absolute atomic E-state index is 0.0800. The minimum atomic E-state index is -1.24. The summed E-state index contributed by atoms with van der Waals surface area (Å²) < 4.78 is 5.97. The molecule has 3 rings (SSSR count). The average molecular weight is 453 g/mol. The van der Waals surface area contributed by atoms with Crippen LogP contribution in [0.4, 0.5) is 0 Å². The molecule has 1 amide bonds. The first kappa shape index (κ1) is 22.8. The topological polar surface area (TPSA) is 82.0 Å². The van der Waals surface area contributed by atoms with Crippen LogP contribution in [0.15, 0.2) is 48.5 Å². The highest BCUT2D eigenvalue weighted by Gasteiger charge is 2.23. The van der Waals surface area contributed by atoms with Crippen LogP contribution < -0.4 is 10.1 Å².